The third-order valence-corrected chi connectivity index (χ3v) is 3.56. The molecule has 1 unspecified atom stereocenters. The summed E-state index contributed by atoms with van der Waals surface area (Å²) in [6.07, 6.45) is 1.77. The Labute approximate surface area is 119 Å². The third-order valence-electron chi connectivity index (χ3n) is 3.56. The van der Waals surface area contributed by atoms with Crippen LogP contribution in [0.5, 0.6) is 0 Å². The molecule has 0 saturated carbocycles. The molecule has 0 radical (unpaired) electrons. The summed E-state index contributed by atoms with van der Waals surface area (Å²) in [4.78, 5) is 27.1. The van der Waals surface area contributed by atoms with Gasteiger partial charge in [-0.25, -0.2) is 0 Å². The number of carbonyl (C=O) groups is 2. The largest absolute Gasteiger partial charge is 0.481 e. The number of hydrogen-bond acceptors (Lipinski definition) is 3. The molecule has 1 rings (SSSR count). The Morgan fingerprint density at radius 3 is 2.50 bits per heavy atom. The molecule has 2 N–H and O–H groups in total. The van der Waals surface area contributed by atoms with Crippen LogP contribution in [0.1, 0.15) is 38.4 Å². The van der Waals surface area contributed by atoms with Crippen molar-refractivity contribution in [2.75, 3.05) is 0 Å². The molecule has 0 spiro atoms. The van der Waals surface area contributed by atoms with Crippen molar-refractivity contribution in [1.82, 2.24) is 10.3 Å². The molecule has 0 aliphatic carbocycles. The van der Waals surface area contributed by atoms with E-state index < -0.39 is 11.5 Å². The first-order chi connectivity index (χ1) is 9.23. The van der Waals surface area contributed by atoms with E-state index in [-0.39, 0.29) is 24.7 Å². The predicted molar refractivity (Wildman–Crippen MR) is 76.3 cm³/mol. The SMILES string of the molecule is Cc1ccc(CC(=O)NC(C)(CC(=O)O)C(C)C)cn1. The summed E-state index contributed by atoms with van der Waals surface area (Å²) in [5.41, 5.74) is 0.961. The zero-order valence-electron chi connectivity index (χ0n) is 12.4. The molecule has 0 aromatic carbocycles. The van der Waals surface area contributed by atoms with Crippen LogP contribution in [0.2, 0.25) is 0 Å². The van der Waals surface area contributed by atoms with Gasteiger partial charge in [-0.2, -0.15) is 0 Å². The Balaban J connectivity index is 2.71. The van der Waals surface area contributed by atoms with Crippen LogP contribution in [-0.4, -0.2) is 27.5 Å². The Bertz CT molecular complexity index is 482. The van der Waals surface area contributed by atoms with Crippen molar-refractivity contribution in [3.8, 4) is 0 Å². The summed E-state index contributed by atoms with van der Waals surface area (Å²) >= 11 is 0. The summed E-state index contributed by atoms with van der Waals surface area (Å²) in [6.45, 7) is 7.44. The molecule has 0 aliphatic rings. The van der Waals surface area contributed by atoms with Crippen molar-refractivity contribution >= 4 is 11.9 Å². The minimum Gasteiger partial charge on any atom is -0.481 e. The lowest BCUT2D eigenvalue weighted by atomic mass is 9.85. The Hall–Kier alpha value is -1.91. The van der Waals surface area contributed by atoms with Crippen LogP contribution in [0.3, 0.4) is 0 Å². The van der Waals surface area contributed by atoms with E-state index in [1.807, 2.05) is 32.9 Å². The monoisotopic (exact) mass is 278 g/mol. The first-order valence-electron chi connectivity index (χ1n) is 6.67. The van der Waals surface area contributed by atoms with Crippen molar-refractivity contribution in [3.63, 3.8) is 0 Å². The van der Waals surface area contributed by atoms with E-state index in [0.717, 1.165) is 11.3 Å². The average molecular weight is 278 g/mol. The molecule has 20 heavy (non-hydrogen) atoms. The molecule has 0 saturated heterocycles. The highest BCUT2D eigenvalue weighted by Crippen LogP contribution is 2.21. The van der Waals surface area contributed by atoms with Crippen LogP contribution in [0.15, 0.2) is 18.3 Å². The molecule has 5 heteroatoms. The second-order valence-electron chi connectivity index (χ2n) is 5.68. The molecule has 0 fully saturated rings. The van der Waals surface area contributed by atoms with Gasteiger partial charge < -0.3 is 10.4 Å². The number of rotatable bonds is 6. The number of carbonyl (C=O) groups excluding carboxylic acids is 1. The molecule has 5 nitrogen and oxygen atoms in total. The molecule has 0 aliphatic heterocycles. The molecule has 1 aromatic heterocycles. The van der Waals surface area contributed by atoms with Crippen LogP contribution < -0.4 is 5.32 Å². The maximum absolute atomic E-state index is 12.1. The van der Waals surface area contributed by atoms with E-state index >= 15 is 0 Å². The number of hydrogen-bond donors (Lipinski definition) is 2. The van der Waals surface area contributed by atoms with Crippen LogP contribution in [0.25, 0.3) is 0 Å². The van der Waals surface area contributed by atoms with E-state index in [1.165, 1.54) is 0 Å². The molecular weight excluding hydrogens is 256 g/mol. The van der Waals surface area contributed by atoms with Gasteiger partial charge in [-0.05, 0) is 31.4 Å². The van der Waals surface area contributed by atoms with Gasteiger partial charge in [0.15, 0.2) is 0 Å². The van der Waals surface area contributed by atoms with E-state index in [4.69, 9.17) is 5.11 Å². The van der Waals surface area contributed by atoms with Gasteiger partial charge in [0.1, 0.15) is 0 Å². The molecule has 1 aromatic rings. The highest BCUT2D eigenvalue weighted by atomic mass is 16.4. The second kappa shape index (κ2) is 6.50. The summed E-state index contributed by atoms with van der Waals surface area (Å²) in [6, 6.07) is 3.70. The highest BCUT2D eigenvalue weighted by molar-refractivity contribution is 5.80. The predicted octanol–water partition coefficient (Wildman–Crippen LogP) is 1.94. The number of nitrogens with one attached hydrogen (secondary N) is 1. The van der Waals surface area contributed by atoms with Gasteiger partial charge in [0.25, 0.3) is 0 Å². The van der Waals surface area contributed by atoms with E-state index in [0.29, 0.717) is 0 Å². The van der Waals surface area contributed by atoms with Crippen molar-refractivity contribution in [2.24, 2.45) is 5.92 Å². The fourth-order valence-corrected chi connectivity index (χ4v) is 1.86. The zero-order valence-corrected chi connectivity index (χ0v) is 12.4. The number of aliphatic carboxylic acids is 1. The quantitative estimate of drug-likeness (QED) is 0.833. The standard InChI is InChI=1S/C15H22N2O3/c1-10(2)15(4,8-14(19)20)17-13(18)7-12-6-5-11(3)16-9-12/h5-6,9-10H,7-8H2,1-4H3,(H,17,18)(H,19,20). The normalized spacial score (nSPS) is 13.8. The van der Waals surface area contributed by atoms with Gasteiger partial charge in [0, 0.05) is 17.4 Å². The summed E-state index contributed by atoms with van der Waals surface area (Å²) < 4.78 is 0. The average Bonchev–Trinajstić information content (AvgIpc) is 2.30. The summed E-state index contributed by atoms with van der Waals surface area (Å²) in [7, 11) is 0. The molecular formula is C15H22N2O3. The number of carboxylic acid groups (broad SMARTS) is 1. The van der Waals surface area contributed by atoms with Crippen LogP contribution >= 0.6 is 0 Å². The molecule has 1 atom stereocenters. The molecule has 1 amide bonds. The van der Waals surface area contributed by atoms with Gasteiger partial charge in [-0.3, -0.25) is 14.6 Å². The summed E-state index contributed by atoms with van der Waals surface area (Å²) in [5, 5.41) is 11.8. The van der Waals surface area contributed by atoms with Gasteiger partial charge in [0.05, 0.1) is 12.8 Å². The van der Waals surface area contributed by atoms with Crippen molar-refractivity contribution in [2.45, 2.75) is 46.1 Å². The molecule has 110 valence electrons. The van der Waals surface area contributed by atoms with E-state index in [9.17, 15) is 9.59 Å². The minimum atomic E-state index is -0.918. The van der Waals surface area contributed by atoms with Crippen LogP contribution in [-0.2, 0) is 16.0 Å². The highest BCUT2D eigenvalue weighted by Gasteiger charge is 2.32. The number of aryl methyl sites for hydroxylation is 1. The second-order valence-corrected chi connectivity index (χ2v) is 5.68. The lowest BCUT2D eigenvalue weighted by Gasteiger charge is -2.33. The van der Waals surface area contributed by atoms with Gasteiger partial charge in [0.2, 0.25) is 5.91 Å². The fraction of sp³-hybridized carbons (Fsp3) is 0.533. The summed E-state index contributed by atoms with van der Waals surface area (Å²) in [5.74, 6) is -1.08. The number of carboxylic acids is 1. The van der Waals surface area contributed by atoms with E-state index in [2.05, 4.69) is 10.3 Å². The number of aromatic nitrogens is 1. The Kier molecular flexibility index (Phi) is 5.25. The van der Waals surface area contributed by atoms with E-state index in [1.54, 1.807) is 13.1 Å². The minimum absolute atomic E-state index is 0.0266. The van der Waals surface area contributed by atoms with Crippen LogP contribution in [0.4, 0.5) is 0 Å². The lowest BCUT2D eigenvalue weighted by Crippen LogP contribution is -2.51. The van der Waals surface area contributed by atoms with Crippen molar-refractivity contribution < 1.29 is 14.7 Å². The van der Waals surface area contributed by atoms with Gasteiger partial charge in [-0.15, -0.1) is 0 Å². The topological polar surface area (TPSA) is 79.3 Å². The Morgan fingerprint density at radius 1 is 1.40 bits per heavy atom. The van der Waals surface area contributed by atoms with Gasteiger partial charge >= 0.3 is 5.97 Å². The molecule has 1 heterocycles. The smallest absolute Gasteiger partial charge is 0.305 e. The maximum atomic E-state index is 12.1. The van der Waals surface area contributed by atoms with Crippen molar-refractivity contribution in [3.05, 3.63) is 29.6 Å². The number of nitrogens with zero attached hydrogens (tertiary/aromatic N) is 1. The number of amides is 1. The Morgan fingerprint density at radius 2 is 2.05 bits per heavy atom. The lowest BCUT2D eigenvalue weighted by molar-refractivity contribution is -0.139. The van der Waals surface area contributed by atoms with Crippen molar-refractivity contribution in [1.29, 1.82) is 0 Å². The van der Waals surface area contributed by atoms with Crippen LogP contribution in [0, 0.1) is 12.8 Å². The first-order valence-corrected chi connectivity index (χ1v) is 6.67. The van der Waals surface area contributed by atoms with Gasteiger partial charge in [-0.1, -0.05) is 19.9 Å². The number of pyridine rings is 1. The molecule has 0 bridgehead atoms. The zero-order chi connectivity index (χ0) is 15.3. The third kappa shape index (κ3) is 4.64. The first kappa shape index (κ1) is 16.1. The fourth-order valence-electron chi connectivity index (χ4n) is 1.86. The maximum Gasteiger partial charge on any atom is 0.305 e.